The van der Waals surface area contributed by atoms with Crippen LogP contribution in [0.2, 0.25) is 0 Å². The lowest BCUT2D eigenvalue weighted by atomic mass is 10.0. The van der Waals surface area contributed by atoms with Crippen molar-refractivity contribution in [2.24, 2.45) is 5.92 Å². The maximum Gasteiger partial charge on any atom is 0.330 e. The van der Waals surface area contributed by atoms with E-state index in [0.717, 1.165) is 12.0 Å². The van der Waals surface area contributed by atoms with Crippen LogP contribution >= 0.6 is 90.4 Å². The number of carbonyl (C=O) groups excluding carboxylic acids is 4. The smallest absolute Gasteiger partial charge is 0.330 e. The fourth-order valence-corrected chi connectivity index (χ4v) is 6.92. The van der Waals surface area contributed by atoms with E-state index >= 15 is 0 Å². The van der Waals surface area contributed by atoms with Crippen LogP contribution in [-0.2, 0) is 14.3 Å². The van der Waals surface area contributed by atoms with E-state index in [0.29, 0.717) is 7.14 Å². The van der Waals surface area contributed by atoms with Crippen molar-refractivity contribution in [3.8, 4) is 0 Å². The standard InChI is InChI=1S/C21H15FI4N2O5/c1-8(2)18(21(32)33-7-11(29)27-10-6-4-3-5-9(10)22)28-19(30)12-13(20(28)31)15(24)17(26)16(25)14(12)23/h3-6,8,18H,7H2,1-2H3,(H,27,29). The Balaban J connectivity index is 1.82. The van der Waals surface area contributed by atoms with Gasteiger partial charge in [-0.15, -0.1) is 0 Å². The highest BCUT2D eigenvalue weighted by atomic mass is 127. The van der Waals surface area contributed by atoms with Gasteiger partial charge in [-0.25, -0.2) is 9.18 Å². The Morgan fingerprint density at radius 1 is 0.970 bits per heavy atom. The zero-order valence-electron chi connectivity index (χ0n) is 17.0. The highest BCUT2D eigenvalue weighted by molar-refractivity contribution is 14.1. The Labute approximate surface area is 243 Å². The molecule has 1 aliphatic rings. The molecule has 0 saturated carbocycles. The fraction of sp³-hybridized carbons (Fsp3) is 0.238. The largest absolute Gasteiger partial charge is 0.454 e. The number of amides is 3. The molecule has 1 N–H and O–H groups in total. The van der Waals surface area contributed by atoms with Crippen molar-refractivity contribution < 1.29 is 28.3 Å². The third kappa shape index (κ3) is 5.31. The molecule has 0 fully saturated rings. The second-order valence-corrected chi connectivity index (χ2v) is 11.6. The number of nitrogens with one attached hydrogen (secondary N) is 1. The number of nitrogens with zero attached hydrogens (tertiary/aromatic N) is 1. The van der Waals surface area contributed by atoms with Crippen molar-refractivity contribution in [2.45, 2.75) is 19.9 Å². The molecule has 2 aromatic carbocycles. The molecule has 7 nitrogen and oxygen atoms in total. The molecule has 0 aromatic heterocycles. The van der Waals surface area contributed by atoms with Gasteiger partial charge in [0.1, 0.15) is 11.9 Å². The van der Waals surface area contributed by atoms with Crippen LogP contribution in [0.3, 0.4) is 0 Å². The van der Waals surface area contributed by atoms with Crippen LogP contribution in [-0.4, -0.2) is 41.2 Å². The Morgan fingerprint density at radius 3 is 1.97 bits per heavy atom. The monoisotopic (exact) mass is 902 g/mol. The van der Waals surface area contributed by atoms with E-state index in [1.165, 1.54) is 18.2 Å². The molecule has 1 unspecified atom stereocenters. The molecule has 2 aromatic rings. The maximum absolute atomic E-state index is 13.7. The van der Waals surface area contributed by atoms with Crippen molar-refractivity contribution in [3.05, 3.63) is 55.5 Å². The zero-order valence-corrected chi connectivity index (χ0v) is 25.7. The predicted octanol–water partition coefficient (Wildman–Crippen LogP) is 5.05. The molecule has 1 heterocycles. The van der Waals surface area contributed by atoms with Crippen LogP contribution < -0.4 is 5.32 Å². The van der Waals surface area contributed by atoms with Gasteiger partial charge in [-0.05, 0) is 108 Å². The van der Waals surface area contributed by atoms with Gasteiger partial charge < -0.3 is 10.1 Å². The number of carbonyl (C=O) groups is 4. The summed E-state index contributed by atoms with van der Waals surface area (Å²) in [4.78, 5) is 52.5. The number of benzene rings is 2. The summed E-state index contributed by atoms with van der Waals surface area (Å²) in [6.45, 7) is 2.67. The second-order valence-electron chi connectivity index (χ2n) is 7.31. The molecular formula is C21H15FI4N2O5. The Bertz CT molecular complexity index is 1140. The molecule has 0 bridgehead atoms. The van der Waals surface area contributed by atoms with E-state index in [9.17, 15) is 23.6 Å². The van der Waals surface area contributed by atoms with Crippen LogP contribution in [0.15, 0.2) is 24.3 Å². The molecular weight excluding hydrogens is 887 g/mol. The number of rotatable bonds is 6. The van der Waals surface area contributed by atoms with Crippen LogP contribution in [0.5, 0.6) is 0 Å². The Morgan fingerprint density at radius 2 is 1.48 bits per heavy atom. The lowest BCUT2D eigenvalue weighted by Crippen LogP contribution is -2.49. The first-order chi connectivity index (χ1) is 15.5. The van der Waals surface area contributed by atoms with E-state index in [1.54, 1.807) is 19.9 Å². The number of hydrogen-bond acceptors (Lipinski definition) is 5. The summed E-state index contributed by atoms with van der Waals surface area (Å²) in [5.41, 5.74) is 0.490. The van der Waals surface area contributed by atoms with Gasteiger partial charge in [0.05, 0.1) is 16.8 Å². The lowest BCUT2D eigenvalue weighted by Gasteiger charge is -2.27. The molecule has 0 saturated heterocycles. The molecule has 3 amide bonds. The van der Waals surface area contributed by atoms with Crippen LogP contribution in [0, 0.1) is 26.0 Å². The highest BCUT2D eigenvalue weighted by Crippen LogP contribution is 2.39. The molecule has 0 aliphatic carbocycles. The number of hydrogen-bond donors (Lipinski definition) is 1. The average molecular weight is 902 g/mol. The van der Waals surface area contributed by atoms with Crippen LogP contribution in [0.4, 0.5) is 10.1 Å². The Kier molecular flexibility index (Phi) is 8.96. The summed E-state index contributed by atoms with van der Waals surface area (Å²) in [7, 11) is 0. The van der Waals surface area contributed by atoms with Gasteiger partial charge in [-0.2, -0.15) is 0 Å². The summed E-state index contributed by atoms with van der Waals surface area (Å²) in [5, 5.41) is 2.32. The lowest BCUT2D eigenvalue weighted by molar-refractivity contribution is -0.152. The average Bonchev–Trinajstić information content (AvgIpc) is 3.01. The Hall–Kier alpha value is -0.630. The van der Waals surface area contributed by atoms with Crippen LogP contribution in [0.25, 0.3) is 0 Å². The summed E-state index contributed by atoms with van der Waals surface area (Å²) >= 11 is 8.31. The van der Waals surface area contributed by atoms with Gasteiger partial charge in [0.15, 0.2) is 6.61 Å². The minimum Gasteiger partial charge on any atom is -0.454 e. The minimum absolute atomic E-state index is 0.0485. The summed E-state index contributed by atoms with van der Waals surface area (Å²) < 4.78 is 21.9. The number of ether oxygens (including phenoxy) is 1. The topological polar surface area (TPSA) is 92.8 Å². The number of fused-ring (bicyclic) bond motifs is 1. The zero-order chi connectivity index (χ0) is 24.6. The molecule has 0 radical (unpaired) electrons. The molecule has 174 valence electrons. The predicted molar refractivity (Wildman–Crippen MR) is 152 cm³/mol. The first-order valence-corrected chi connectivity index (χ1v) is 13.7. The highest BCUT2D eigenvalue weighted by Gasteiger charge is 2.47. The second kappa shape index (κ2) is 11.0. The fourth-order valence-electron chi connectivity index (χ4n) is 3.27. The van der Waals surface area contributed by atoms with Crippen molar-refractivity contribution in [3.63, 3.8) is 0 Å². The van der Waals surface area contributed by atoms with E-state index in [-0.39, 0.29) is 16.8 Å². The third-order valence-electron chi connectivity index (χ3n) is 4.78. The van der Waals surface area contributed by atoms with E-state index in [1.807, 2.05) is 45.2 Å². The normalized spacial score (nSPS) is 13.9. The van der Waals surface area contributed by atoms with E-state index < -0.39 is 48.1 Å². The quantitative estimate of drug-likeness (QED) is 0.144. The minimum atomic E-state index is -1.22. The first-order valence-electron chi connectivity index (χ1n) is 9.42. The number of esters is 1. The van der Waals surface area contributed by atoms with Crippen molar-refractivity contribution in [1.29, 1.82) is 0 Å². The number of para-hydroxylation sites is 1. The van der Waals surface area contributed by atoms with E-state index in [4.69, 9.17) is 4.74 Å². The van der Waals surface area contributed by atoms with Gasteiger partial charge in [0.2, 0.25) is 0 Å². The van der Waals surface area contributed by atoms with Gasteiger partial charge in [0, 0.05) is 14.3 Å². The molecule has 3 rings (SSSR count). The number of halogens is 5. The molecule has 1 atom stereocenters. The van der Waals surface area contributed by atoms with Crippen molar-refractivity contribution >= 4 is 120 Å². The van der Waals surface area contributed by atoms with Gasteiger partial charge in [0.25, 0.3) is 17.7 Å². The third-order valence-corrected chi connectivity index (χ3v) is 12.2. The summed E-state index contributed by atoms with van der Waals surface area (Å²) in [5.74, 6) is -3.88. The first kappa shape index (κ1) is 27.0. The summed E-state index contributed by atoms with van der Waals surface area (Å²) in [6.07, 6.45) is 0. The van der Waals surface area contributed by atoms with Crippen molar-refractivity contribution in [2.75, 3.05) is 11.9 Å². The molecule has 1 aliphatic heterocycles. The molecule has 33 heavy (non-hydrogen) atoms. The van der Waals surface area contributed by atoms with Gasteiger partial charge in [-0.3, -0.25) is 19.3 Å². The summed E-state index contributed by atoms with van der Waals surface area (Å²) in [6, 6.07) is 4.36. The van der Waals surface area contributed by atoms with Crippen molar-refractivity contribution in [1.82, 2.24) is 4.90 Å². The van der Waals surface area contributed by atoms with Gasteiger partial charge >= 0.3 is 5.97 Å². The number of imide groups is 1. The SMILES string of the molecule is CC(C)C(C(=O)OCC(=O)Nc1ccccc1F)N1C(=O)c2c(I)c(I)c(I)c(I)c2C1=O. The van der Waals surface area contributed by atoms with Crippen LogP contribution in [0.1, 0.15) is 34.6 Å². The van der Waals surface area contributed by atoms with E-state index in [2.05, 4.69) is 50.5 Å². The molecule has 12 heteroatoms. The van der Waals surface area contributed by atoms with Gasteiger partial charge in [-0.1, -0.05) is 26.0 Å². The maximum atomic E-state index is 13.7. The molecule has 0 spiro atoms. The number of anilines is 1.